The number of pyridine rings is 1. The van der Waals surface area contributed by atoms with Gasteiger partial charge in [0.25, 0.3) is 10.1 Å². The average Bonchev–Trinajstić information content (AvgIpc) is 2.85. The van der Waals surface area contributed by atoms with Crippen molar-refractivity contribution >= 4 is 10.1 Å². The van der Waals surface area contributed by atoms with Crippen LogP contribution in [-0.2, 0) is 16.7 Å². The Morgan fingerprint density at radius 3 is 2.56 bits per heavy atom. The van der Waals surface area contributed by atoms with E-state index >= 15 is 0 Å². The summed E-state index contributed by atoms with van der Waals surface area (Å²) in [4.78, 5) is 6.55. The van der Waals surface area contributed by atoms with Gasteiger partial charge in [0.05, 0.1) is 4.90 Å². The zero-order valence-corrected chi connectivity index (χ0v) is 15.2. The van der Waals surface area contributed by atoms with Gasteiger partial charge in [0.2, 0.25) is 0 Å². The van der Waals surface area contributed by atoms with E-state index in [0.717, 1.165) is 31.7 Å². The Kier molecular flexibility index (Phi) is 7.52. The standard InChI is InChI=1S/C11H17N3.C7H8O3S/c1-3-11(9-13-4-1)10-14-7-2-5-12-6-8-14;1-6-2-4-7(5-3-6)11(8,9)10/h1,3-4,9,12H,2,5-8,10H2;2-5H,1H3,(H,8,9,10). The summed E-state index contributed by atoms with van der Waals surface area (Å²) in [6, 6.07) is 10.1. The second-order valence-electron chi connectivity index (χ2n) is 6.03. The fourth-order valence-corrected chi connectivity index (χ4v) is 3.00. The lowest BCUT2D eigenvalue weighted by Crippen LogP contribution is -2.27. The summed E-state index contributed by atoms with van der Waals surface area (Å²) in [5, 5.41) is 3.41. The van der Waals surface area contributed by atoms with E-state index in [4.69, 9.17) is 4.55 Å². The Labute approximate surface area is 149 Å². The van der Waals surface area contributed by atoms with Crippen LogP contribution in [-0.4, -0.2) is 49.0 Å². The van der Waals surface area contributed by atoms with E-state index in [0.29, 0.717) is 0 Å². The van der Waals surface area contributed by atoms with Crippen molar-refractivity contribution in [1.29, 1.82) is 0 Å². The molecule has 7 heteroatoms. The zero-order chi connectivity index (χ0) is 18.1. The maximum absolute atomic E-state index is 10.5. The summed E-state index contributed by atoms with van der Waals surface area (Å²) in [6.45, 7) is 7.49. The smallest absolute Gasteiger partial charge is 0.294 e. The van der Waals surface area contributed by atoms with Gasteiger partial charge in [-0.05, 0) is 50.2 Å². The van der Waals surface area contributed by atoms with Crippen molar-refractivity contribution in [2.45, 2.75) is 24.8 Å². The molecule has 2 N–H and O–H groups in total. The quantitative estimate of drug-likeness (QED) is 0.813. The fraction of sp³-hybridized carbons (Fsp3) is 0.389. The Morgan fingerprint density at radius 2 is 1.92 bits per heavy atom. The number of benzene rings is 1. The van der Waals surface area contributed by atoms with Crippen molar-refractivity contribution < 1.29 is 13.0 Å². The SMILES string of the molecule is Cc1ccc(S(=O)(=O)O)cc1.c1cncc(CN2CCCNCC2)c1. The van der Waals surface area contributed by atoms with Crippen LogP contribution in [0.3, 0.4) is 0 Å². The highest BCUT2D eigenvalue weighted by atomic mass is 32.2. The predicted molar refractivity (Wildman–Crippen MR) is 98.0 cm³/mol. The second kappa shape index (κ2) is 9.62. The number of hydrogen-bond donors (Lipinski definition) is 2. The molecule has 136 valence electrons. The molecule has 0 aliphatic carbocycles. The van der Waals surface area contributed by atoms with Gasteiger partial charge < -0.3 is 5.32 Å². The molecule has 6 nitrogen and oxygen atoms in total. The normalized spacial score (nSPS) is 15.8. The minimum Gasteiger partial charge on any atom is -0.315 e. The van der Waals surface area contributed by atoms with Gasteiger partial charge in [0.15, 0.2) is 0 Å². The molecule has 0 unspecified atom stereocenters. The molecule has 0 spiro atoms. The molecule has 1 aliphatic heterocycles. The highest BCUT2D eigenvalue weighted by Gasteiger charge is 2.08. The van der Waals surface area contributed by atoms with E-state index < -0.39 is 10.1 Å². The summed E-state index contributed by atoms with van der Waals surface area (Å²) in [7, 11) is -4.02. The molecule has 2 heterocycles. The molecule has 0 radical (unpaired) electrons. The van der Waals surface area contributed by atoms with Gasteiger partial charge in [-0.3, -0.25) is 14.4 Å². The van der Waals surface area contributed by atoms with Crippen LogP contribution in [0.1, 0.15) is 17.5 Å². The first-order valence-corrected chi connectivity index (χ1v) is 9.75. The van der Waals surface area contributed by atoms with Gasteiger partial charge >= 0.3 is 0 Å². The topological polar surface area (TPSA) is 82.5 Å². The molecule has 1 saturated heterocycles. The highest BCUT2D eigenvalue weighted by molar-refractivity contribution is 7.85. The first kappa shape index (κ1) is 19.5. The van der Waals surface area contributed by atoms with Crippen LogP contribution in [0.2, 0.25) is 0 Å². The average molecular weight is 363 g/mol. The van der Waals surface area contributed by atoms with Gasteiger partial charge in [-0.15, -0.1) is 0 Å². The lowest BCUT2D eigenvalue weighted by atomic mass is 10.2. The summed E-state index contributed by atoms with van der Waals surface area (Å²) >= 11 is 0. The van der Waals surface area contributed by atoms with Gasteiger partial charge in [0, 0.05) is 32.0 Å². The summed E-state index contributed by atoms with van der Waals surface area (Å²) in [6.07, 6.45) is 5.03. The van der Waals surface area contributed by atoms with Crippen molar-refractivity contribution in [3.63, 3.8) is 0 Å². The van der Waals surface area contributed by atoms with Crippen LogP contribution in [0.4, 0.5) is 0 Å². The zero-order valence-electron chi connectivity index (χ0n) is 14.4. The van der Waals surface area contributed by atoms with Crippen LogP contribution in [0, 0.1) is 6.92 Å². The lowest BCUT2D eigenvalue weighted by molar-refractivity contribution is 0.284. The maximum Gasteiger partial charge on any atom is 0.294 e. The molecule has 1 aromatic carbocycles. The second-order valence-corrected chi connectivity index (χ2v) is 7.45. The molecule has 3 rings (SSSR count). The van der Waals surface area contributed by atoms with E-state index in [1.807, 2.05) is 25.4 Å². The summed E-state index contributed by atoms with van der Waals surface area (Å²) in [5.41, 5.74) is 2.27. The summed E-state index contributed by atoms with van der Waals surface area (Å²) in [5.74, 6) is 0. The predicted octanol–water partition coefficient (Wildman–Crippen LogP) is 2.12. The molecule has 1 fully saturated rings. The maximum atomic E-state index is 10.5. The monoisotopic (exact) mass is 363 g/mol. The largest absolute Gasteiger partial charge is 0.315 e. The minimum atomic E-state index is -4.02. The molecule has 0 amide bonds. The Hall–Kier alpha value is -1.80. The first-order valence-electron chi connectivity index (χ1n) is 8.31. The van der Waals surface area contributed by atoms with Gasteiger partial charge in [-0.2, -0.15) is 8.42 Å². The van der Waals surface area contributed by atoms with Crippen LogP contribution >= 0.6 is 0 Å². The van der Waals surface area contributed by atoms with Gasteiger partial charge in [-0.25, -0.2) is 0 Å². The van der Waals surface area contributed by atoms with Crippen LogP contribution in [0.5, 0.6) is 0 Å². The number of aromatic nitrogens is 1. The molecule has 1 aliphatic rings. The number of aryl methyl sites for hydroxylation is 1. The van der Waals surface area contributed by atoms with Crippen LogP contribution in [0.25, 0.3) is 0 Å². The van der Waals surface area contributed by atoms with Crippen molar-refractivity contribution in [2.24, 2.45) is 0 Å². The number of rotatable bonds is 3. The highest BCUT2D eigenvalue weighted by Crippen LogP contribution is 2.08. The van der Waals surface area contributed by atoms with Crippen molar-refractivity contribution in [3.8, 4) is 0 Å². The Balaban J connectivity index is 0.000000186. The van der Waals surface area contributed by atoms with E-state index in [1.54, 1.807) is 12.1 Å². The third kappa shape index (κ3) is 7.31. The van der Waals surface area contributed by atoms with E-state index in [2.05, 4.69) is 21.3 Å². The van der Waals surface area contributed by atoms with E-state index in [1.165, 1.54) is 30.7 Å². The molecule has 25 heavy (non-hydrogen) atoms. The molecule has 0 bridgehead atoms. The fourth-order valence-electron chi connectivity index (χ4n) is 2.52. The third-order valence-electron chi connectivity index (χ3n) is 3.88. The molecular weight excluding hydrogens is 338 g/mol. The number of nitrogens with one attached hydrogen (secondary N) is 1. The minimum absolute atomic E-state index is 0.0666. The third-order valence-corrected chi connectivity index (χ3v) is 4.75. The number of nitrogens with zero attached hydrogens (tertiary/aromatic N) is 2. The molecule has 0 saturated carbocycles. The van der Waals surface area contributed by atoms with Crippen molar-refractivity contribution in [2.75, 3.05) is 26.2 Å². The van der Waals surface area contributed by atoms with Crippen LogP contribution in [0.15, 0.2) is 53.7 Å². The Morgan fingerprint density at radius 1 is 1.16 bits per heavy atom. The lowest BCUT2D eigenvalue weighted by Gasteiger charge is -2.18. The molecule has 1 aromatic heterocycles. The van der Waals surface area contributed by atoms with E-state index in [9.17, 15) is 8.42 Å². The first-order chi connectivity index (χ1) is 11.9. The van der Waals surface area contributed by atoms with Crippen molar-refractivity contribution in [1.82, 2.24) is 15.2 Å². The van der Waals surface area contributed by atoms with Gasteiger partial charge in [-0.1, -0.05) is 23.8 Å². The number of hydrogen-bond acceptors (Lipinski definition) is 5. The van der Waals surface area contributed by atoms with Crippen LogP contribution < -0.4 is 5.32 Å². The van der Waals surface area contributed by atoms with Crippen molar-refractivity contribution in [3.05, 3.63) is 59.9 Å². The molecular formula is C18H25N3O3S. The molecule has 2 aromatic rings. The Bertz CT molecular complexity index is 726. The van der Waals surface area contributed by atoms with Gasteiger partial charge in [0.1, 0.15) is 0 Å². The van der Waals surface area contributed by atoms with E-state index in [-0.39, 0.29) is 4.90 Å². The molecule has 0 atom stereocenters. The summed E-state index contributed by atoms with van der Waals surface area (Å²) < 4.78 is 29.6.